The summed E-state index contributed by atoms with van der Waals surface area (Å²) in [7, 11) is 0. The number of halogens is 2. The number of nitrogens with zero attached hydrogens (tertiary/aromatic N) is 2. The molecule has 1 heterocycles. The molecule has 0 spiro atoms. The van der Waals surface area contributed by atoms with Crippen LogP contribution in [-0.2, 0) is 5.75 Å². The molecule has 2 aromatic carbocycles. The maximum atomic E-state index is 6.14. The van der Waals surface area contributed by atoms with Gasteiger partial charge in [0.05, 0.1) is 0 Å². The third-order valence-electron chi connectivity index (χ3n) is 2.91. The summed E-state index contributed by atoms with van der Waals surface area (Å²) in [5.41, 5.74) is 2.08. The molecular weight excluding hydrogens is 370 g/mol. The first kappa shape index (κ1) is 14.6. The van der Waals surface area contributed by atoms with E-state index in [2.05, 4.69) is 31.1 Å². The highest BCUT2D eigenvalue weighted by Gasteiger charge is 2.09. The third kappa shape index (κ3) is 3.48. The highest BCUT2D eigenvalue weighted by molar-refractivity contribution is 9.10. The lowest BCUT2D eigenvalue weighted by atomic mass is 10.2. The Hall–Kier alpha value is -1.30. The summed E-state index contributed by atoms with van der Waals surface area (Å²) >= 11 is 11.2. The number of thioether (sulfide) groups is 1. The lowest BCUT2D eigenvalue weighted by molar-refractivity contribution is 0.973. The van der Waals surface area contributed by atoms with E-state index in [9.17, 15) is 0 Å². The van der Waals surface area contributed by atoms with Gasteiger partial charge >= 0.3 is 0 Å². The quantitative estimate of drug-likeness (QED) is 0.634. The van der Waals surface area contributed by atoms with Crippen LogP contribution in [0.3, 0.4) is 0 Å². The number of hydrogen-bond donors (Lipinski definition) is 1. The van der Waals surface area contributed by atoms with Crippen molar-refractivity contribution in [1.29, 1.82) is 0 Å². The van der Waals surface area contributed by atoms with Gasteiger partial charge in [0.25, 0.3) is 0 Å². The van der Waals surface area contributed by atoms with Gasteiger partial charge in [-0.2, -0.15) is 0 Å². The van der Waals surface area contributed by atoms with Crippen molar-refractivity contribution >= 4 is 39.3 Å². The van der Waals surface area contributed by atoms with Crippen molar-refractivity contribution in [2.24, 2.45) is 0 Å². The molecule has 0 atom stereocenters. The average Bonchev–Trinajstić information content (AvgIpc) is 2.96. The Morgan fingerprint density at radius 2 is 1.86 bits per heavy atom. The Morgan fingerprint density at radius 1 is 1.10 bits per heavy atom. The molecule has 0 fully saturated rings. The van der Waals surface area contributed by atoms with E-state index in [0.29, 0.717) is 5.16 Å². The maximum Gasteiger partial charge on any atom is 0.209 e. The number of rotatable bonds is 4. The van der Waals surface area contributed by atoms with Gasteiger partial charge in [0, 0.05) is 20.8 Å². The van der Waals surface area contributed by atoms with Crippen LogP contribution >= 0.6 is 39.3 Å². The highest BCUT2D eigenvalue weighted by atomic mass is 79.9. The summed E-state index contributed by atoms with van der Waals surface area (Å²) in [5.74, 6) is 1.50. The molecule has 0 aliphatic carbocycles. The van der Waals surface area contributed by atoms with E-state index in [-0.39, 0.29) is 0 Å². The second-order valence-electron chi connectivity index (χ2n) is 4.33. The first-order chi connectivity index (χ1) is 10.2. The molecule has 3 rings (SSSR count). The minimum Gasteiger partial charge on any atom is -0.258 e. The van der Waals surface area contributed by atoms with E-state index in [1.165, 1.54) is 0 Å². The van der Waals surface area contributed by atoms with Crippen molar-refractivity contribution in [3.05, 3.63) is 63.6 Å². The van der Waals surface area contributed by atoms with Crippen LogP contribution < -0.4 is 0 Å². The highest BCUT2D eigenvalue weighted by Crippen LogP contribution is 2.28. The molecule has 21 heavy (non-hydrogen) atoms. The fourth-order valence-electron chi connectivity index (χ4n) is 1.84. The molecule has 3 aromatic rings. The second-order valence-corrected chi connectivity index (χ2v) is 6.53. The Bertz CT molecular complexity index is 760. The maximum absolute atomic E-state index is 6.14. The smallest absolute Gasteiger partial charge is 0.209 e. The van der Waals surface area contributed by atoms with Gasteiger partial charge in [-0.05, 0) is 17.7 Å². The van der Waals surface area contributed by atoms with E-state index >= 15 is 0 Å². The van der Waals surface area contributed by atoms with Crippen LogP contribution in [0.5, 0.6) is 0 Å². The topological polar surface area (TPSA) is 41.6 Å². The number of hydrogen-bond acceptors (Lipinski definition) is 3. The second kappa shape index (κ2) is 6.64. The zero-order valence-electron chi connectivity index (χ0n) is 10.9. The Kier molecular flexibility index (Phi) is 4.63. The van der Waals surface area contributed by atoms with Gasteiger partial charge in [-0.1, -0.05) is 75.7 Å². The molecule has 0 saturated carbocycles. The zero-order chi connectivity index (χ0) is 14.7. The largest absolute Gasteiger partial charge is 0.258 e. The fraction of sp³-hybridized carbons (Fsp3) is 0.0667. The molecule has 0 saturated heterocycles. The number of aromatic nitrogens is 3. The van der Waals surface area contributed by atoms with Gasteiger partial charge in [0.1, 0.15) is 0 Å². The number of H-pyrrole nitrogens is 1. The standard InChI is InChI=1S/C15H11BrClN3S/c16-12-7-3-2-6-11(12)14-18-15(20-19-14)21-9-10-5-1-4-8-13(10)17/h1-8H,9H2,(H,18,19,20). The predicted molar refractivity (Wildman–Crippen MR) is 90.5 cm³/mol. The summed E-state index contributed by atoms with van der Waals surface area (Å²) in [4.78, 5) is 4.51. The third-order valence-corrected chi connectivity index (χ3v) is 4.86. The SMILES string of the molecule is Clc1ccccc1CSc1n[nH]c(-c2ccccc2Br)n1. The van der Waals surface area contributed by atoms with Crippen LogP contribution in [0.25, 0.3) is 11.4 Å². The minimum atomic E-state index is 0.709. The van der Waals surface area contributed by atoms with Crippen LogP contribution in [0, 0.1) is 0 Å². The van der Waals surface area contributed by atoms with Crippen molar-refractivity contribution in [3.8, 4) is 11.4 Å². The van der Waals surface area contributed by atoms with Gasteiger partial charge in [-0.25, -0.2) is 4.98 Å². The van der Waals surface area contributed by atoms with Gasteiger partial charge in [0.15, 0.2) is 5.82 Å². The monoisotopic (exact) mass is 379 g/mol. The first-order valence-corrected chi connectivity index (χ1v) is 8.43. The van der Waals surface area contributed by atoms with Crippen LogP contribution in [0.1, 0.15) is 5.56 Å². The van der Waals surface area contributed by atoms with Gasteiger partial charge in [0.2, 0.25) is 5.16 Å². The molecule has 3 nitrogen and oxygen atoms in total. The van der Waals surface area contributed by atoms with E-state index in [4.69, 9.17) is 11.6 Å². The lowest BCUT2D eigenvalue weighted by Gasteiger charge is -2.01. The Labute approximate surface area is 140 Å². The van der Waals surface area contributed by atoms with Gasteiger partial charge in [-0.3, -0.25) is 5.10 Å². The number of nitrogens with one attached hydrogen (secondary N) is 1. The molecule has 0 aliphatic rings. The molecule has 106 valence electrons. The van der Waals surface area contributed by atoms with Crippen molar-refractivity contribution in [2.45, 2.75) is 10.9 Å². The summed E-state index contributed by atoms with van der Waals surface area (Å²) in [6, 6.07) is 15.7. The zero-order valence-corrected chi connectivity index (χ0v) is 14.0. The number of aromatic amines is 1. The van der Waals surface area contributed by atoms with Crippen molar-refractivity contribution < 1.29 is 0 Å². The van der Waals surface area contributed by atoms with Crippen LogP contribution in [0.15, 0.2) is 58.2 Å². The number of benzene rings is 2. The molecule has 1 aromatic heterocycles. The molecule has 0 bridgehead atoms. The Morgan fingerprint density at radius 3 is 2.67 bits per heavy atom. The molecular formula is C15H11BrClN3S. The fourth-order valence-corrected chi connectivity index (χ4v) is 3.40. The van der Waals surface area contributed by atoms with Crippen LogP contribution in [0.2, 0.25) is 5.02 Å². The van der Waals surface area contributed by atoms with Crippen molar-refractivity contribution in [2.75, 3.05) is 0 Å². The lowest BCUT2D eigenvalue weighted by Crippen LogP contribution is -1.83. The van der Waals surface area contributed by atoms with E-state index in [1.807, 2.05) is 48.5 Å². The molecule has 0 aliphatic heterocycles. The summed E-state index contributed by atoms with van der Waals surface area (Å²) in [6.45, 7) is 0. The van der Waals surface area contributed by atoms with Gasteiger partial charge in [-0.15, -0.1) is 5.10 Å². The van der Waals surface area contributed by atoms with E-state index in [1.54, 1.807) is 11.8 Å². The Balaban J connectivity index is 1.74. The van der Waals surface area contributed by atoms with Crippen molar-refractivity contribution in [3.63, 3.8) is 0 Å². The van der Waals surface area contributed by atoms with Crippen LogP contribution in [0.4, 0.5) is 0 Å². The molecule has 1 N–H and O–H groups in total. The van der Waals surface area contributed by atoms with E-state index in [0.717, 1.165) is 32.2 Å². The average molecular weight is 381 g/mol. The molecule has 6 heteroatoms. The molecule has 0 amide bonds. The summed E-state index contributed by atoms with van der Waals surface area (Å²) in [5, 5.41) is 8.69. The summed E-state index contributed by atoms with van der Waals surface area (Å²) < 4.78 is 0.990. The molecule has 0 radical (unpaired) electrons. The first-order valence-electron chi connectivity index (χ1n) is 6.27. The molecule has 0 unspecified atom stereocenters. The van der Waals surface area contributed by atoms with E-state index < -0.39 is 0 Å². The van der Waals surface area contributed by atoms with Crippen molar-refractivity contribution in [1.82, 2.24) is 15.2 Å². The minimum absolute atomic E-state index is 0.709. The summed E-state index contributed by atoms with van der Waals surface area (Å²) in [6.07, 6.45) is 0. The predicted octanol–water partition coefficient (Wildman–Crippen LogP) is 5.18. The van der Waals surface area contributed by atoms with Crippen LogP contribution in [-0.4, -0.2) is 15.2 Å². The van der Waals surface area contributed by atoms with Gasteiger partial charge < -0.3 is 0 Å². The normalized spacial score (nSPS) is 10.8.